The molecule has 0 spiro atoms. The molecule has 13 nitrogen and oxygen atoms in total. The van der Waals surface area contributed by atoms with E-state index in [9.17, 15) is 29.6 Å². The van der Waals surface area contributed by atoms with Crippen LogP contribution in [-0.2, 0) is 25.7 Å². The number of non-ortho nitro benzene ring substituents is 1. The van der Waals surface area contributed by atoms with E-state index < -0.39 is 17.1 Å². The number of rotatable bonds is 12. The minimum atomic E-state index is -0.646. The van der Waals surface area contributed by atoms with Crippen LogP contribution in [0.25, 0.3) is 0 Å². The lowest BCUT2D eigenvalue weighted by molar-refractivity contribution is -0.384. The average molecular weight is 554 g/mol. The summed E-state index contributed by atoms with van der Waals surface area (Å²) in [6.07, 6.45) is 0.137. The molecule has 0 radical (unpaired) electrons. The number of thioether (sulfide) groups is 1. The Morgan fingerprint density at radius 3 is 2.71 bits per heavy atom. The van der Waals surface area contributed by atoms with Gasteiger partial charge < -0.3 is 24.8 Å². The maximum absolute atomic E-state index is 12.6. The fourth-order valence-electron chi connectivity index (χ4n) is 4.32. The number of esters is 1. The number of amides is 2. The van der Waals surface area contributed by atoms with Crippen molar-refractivity contribution in [2.75, 3.05) is 44.3 Å². The Kier molecular flexibility index (Phi) is 11.6. The topological polar surface area (TPSA) is 164 Å². The first-order valence-electron chi connectivity index (χ1n) is 12.6. The number of nitro groups is 1. The van der Waals surface area contributed by atoms with Gasteiger partial charge in [-0.25, -0.2) is 9.80 Å². The molecule has 38 heavy (non-hydrogen) atoms. The first-order chi connectivity index (χ1) is 18.2. The first-order valence-corrected chi connectivity index (χ1v) is 13.7. The standard InChI is InChI=1S/C24H35N5O8S/c1-17(30)36-10-6-20-13-25-8-9-28(20)26-23(32)7-11-38-16-21-12-22(31)14-27(21)24(33)37-15-18-2-4-19(5-3-18)29(34)35/h2-5,20-22,25,31H,6-16H2,1H3,(H,26,32). The van der Waals surface area contributed by atoms with Gasteiger partial charge in [0.2, 0.25) is 5.91 Å². The number of ether oxygens (including phenoxy) is 2. The maximum atomic E-state index is 12.6. The Morgan fingerprint density at radius 1 is 1.24 bits per heavy atom. The molecule has 2 heterocycles. The molecule has 2 amide bonds. The van der Waals surface area contributed by atoms with E-state index >= 15 is 0 Å². The van der Waals surface area contributed by atoms with Gasteiger partial charge >= 0.3 is 12.1 Å². The molecule has 0 aliphatic carbocycles. The molecule has 2 fully saturated rings. The fourth-order valence-corrected chi connectivity index (χ4v) is 5.40. The number of β-amino-alcohol motifs (C(OH)–C–C–N with tert-alkyl or cyclic N) is 1. The van der Waals surface area contributed by atoms with Crippen molar-refractivity contribution in [2.24, 2.45) is 0 Å². The summed E-state index contributed by atoms with van der Waals surface area (Å²) >= 11 is 1.53. The quantitative estimate of drug-likeness (QED) is 0.147. The van der Waals surface area contributed by atoms with E-state index in [-0.39, 0.29) is 42.8 Å². The lowest BCUT2D eigenvalue weighted by atomic mass is 10.1. The maximum Gasteiger partial charge on any atom is 0.410 e. The van der Waals surface area contributed by atoms with Crippen molar-refractivity contribution in [3.8, 4) is 0 Å². The van der Waals surface area contributed by atoms with E-state index in [1.807, 2.05) is 5.01 Å². The number of carbonyl (C=O) groups excluding carboxylic acids is 3. The Bertz CT molecular complexity index is 966. The van der Waals surface area contributed by atoms with Crippen molar-refractivity contribution in [1.82, 2.24) is 20.7 Å². The number of carbonyl (C=O) groups is 3. The van der Waals surface area contributed by atoms with E-state index in [4.69, 9.17) is 9.47 Å². The molecule has 0 bridgehead atoms. The molecule has 3 rings (SSSR count). The highest BCUT2D eigenvalue weighted by atomic mass is 32.2. The molecule has 1 aromatic carbocycles. The molecule has 0 saturated carbocycles. The number of piperazine rings is 1. The first kappa shape index (κ1) is 29.6. The van der Waals surface area contributed by atoms with Gasteiger partial charge in [-0.1, -0.05) is 0 Å². The minimum Gasteiger partial charge on any atom is -0.466 e. The number of nitro benzene ring substituents is 1. The van der Waals surface area contributed by atoms with Gasteiger partial charge in [0.25, 0.3) is 5.69 Å². The molecule has 0 aromatic heterocycles. The van der Waals surface area contributed by atoms with Crippen molar-refractivity contribution in [3.63, 3.8) is 0 Å². The van der Waals surface area contributed by atoms with Gasteiger partial charge in [0.05, 0.1) is 24.2 Å². The van der Waals surface area contributed by atoms with Gasteiger partial charge in [-0.05, 0) is 24.1 Å². The van der Waals surface area contributed by atoms with E-state index in [0.717, 1.165) is 6.54 Å². The normalized spacial score (nSPS) is 21.6. The molecule has 2 aliphatic rings. The highest BCUT2D eigenvalue weighted by Crippen LogP contribution is 2.23. The Morgan fingerprint density at radius 2 is 2.00 bits per heavy atom. The molecule has 14 heteroatoms. The number of aliphatic hydroxyl groups is 1. The van der Waals surface area contributed by atoms with Crippen LogP contribution in [0.1, 0.15) is 31.7 Å². The number of aliphatic hydroxyl groups excluding tert-OH is 1. The molecule has 3 N–H and O–H groups in total. The van der Waals surface area contributed by atoms with Crippen LogP contribution in [0.5, 0.6) is 0 Å². The second-order valence-corrected chi connectivity index (χ2v) is 10.4. The SMILES string of the molecule is CC(=O)OCCC1CNCCN1NC(=O)CCSCC1CC(O)CN1C(=O)OCc1ccc([N+](=O)[O-])cc1. The van der Waals surface area contributed by atoms with Crippen molar-refractivity contribution in [2.45, 2.75) is 51.0 Å². The molecular weight excluding hydrogens is 518 g/mol. The van der Waals surface area contributed by atoms with Crippen molar-refractivity contribution in [3.05, 3.63) is 39.9 Å². The van der Waals surface area contributed by atoms with E-state index in [1.54, 1.807) is 0 Å². The van der Waals surface area contributed by atoms with Crippen molar-refractivity contribution in [1.29, 1.82) is 0 Å². The molecule has 210 valence electrons. The molecule has 2 saturated heterocycles. The third-order valence-electron chi connectivity index (χ3n) is 6.29. The second-order valence-electron chi connectivity index (χ2n) is 9.21. The highest BCUT2D eigenvalue weighted by molar-refractivity contribution is 7.99. The number of nitrogens with one attached hydrogen (secondary N) is 2. The summed E-state index contributed by atoms with van der Waals surface area (Å²) in [4.78, 5) is 47.9. The Balaban J connectivity index is 1.38. The summed E-state index contributed by atoms with van der Waals surface area (Å²) in [6, 6.07) is 5.58. The smallest absolute Gasteiger partial charge is 0.410 e. The number of hydrogen-bond donors (Lipinski definition) is 3. The van der Waals surface area contributed by atoms with Crippen molar-refractivity contribution >= 4 is 35.4 Å². The zero-order valence-electron chi connectivity index (χ0n) is 21.4. The van der Waals surface area contributed by atoms with Crippen LogP contribution in [0.3, 0.4) is 0 Å². The summed E-state index contributed by atoms with van der Waals surface area (Å²) < 4.78 is 10.4. The summed E-state index contributed by atoms with van der Waals surface area (Å²) in [5, 5.41) is 26.0. The molecule has 1 aromatic rings. The van der Waals surface area contributed by atoms with Crippen LogP contribution in [0.15, 0.2) is 24.3 Å². The number of hydrogen-bond acceptors (Lipinski definition) is 11. The number of benzene rings is 1. The van der Waals surface area contributed by atoms with Gasteiger partial charge in [0, 0.05) is 75.1 Å². The monoisotopic (exact) mass is 553 g/mol. The lowest BCUT2D eigenvalue weighted by Crippen LogP contribution is -2.58. The molecule has 2 aliphatic heterocycles. The van der Waals surface area contributed by atoms with Crippen LogP contribution < -0.4 is 10.7 Å². The number of hydrazine groups is 1. The van der Waals surface area contributed by atoms with Crippen LogP contribution in [0, 0.1) is 10.1 Å². The Hall–Kier alpha value is -2.94. The van der Waals surface area contributed by atoms with E-state index in [0.29, 0.717) is 56.0 Å². The van der Waals surface area contributed by atoms with Gasteiger partial charge in [-0.2, -0.15) is 11.8 Å². The molecule has 3 unspecified atom stereocenters. The van der Waals surface area contributed by atoms with E-state index in [2.05, 4.69) is 10.7 Å². The summed E-state index contributed by atoms with van der Waals surface area (Å²) in [5.41, 5.74) is 3.53. The predicted octanol–water partition coefficient (Wildman–Crippen LogP) is 1.05. The van der Waals surface area contributed by atoms with Crippen LogP contribution in [-0.4, -0.2) is 100 Å². The molecular formula is C24H35N5O8S. The van der Waals surface area contributed by atoms with Gasteiger partial charge in [-0.3, -0.25) is 25.1 Å². The summed E-state index contributed by atoms with van der Waals surface area (Å²) in [6.45, 7) is 3.90. The zero-order valence-corrected chi connectivity index (χ0v) is 22.2. The van der Waals surface area contributed by atoms with Gasteiger partial charge in [0.1, 0.15) is 6.61 Å². The third-order valence-corrected chi connectivity index (χ3v) is 7.41. The van der Waals surface area contributed by atoms with Gasteiger partial charge in [-0.15, -0.1) is 0 Å². The van der Waals surface area contributed by atoms with Gasteiger partial charge in [0.15, 0.2) is 0 Å². The second kappa shape index (κ2) is 14.9. The van der Waals surface area contributed by atoms with Crippen LogP contribution in [0.4, 0.5) is 10.5 Å². The Labute approximate surface area is 225 Å². The third kappa shape index (κ3) is 9.42. The van der Waals surface area contributed by atoms with Crippen LogP contribution >= 0.6 is 11.8 Å². The van der Waals surface area contributed by atoms with E-state index in [1.165, 1.54) is 47.9 Å². The van der Waals surface area contributed by atoms with Crippen molar-refractivity contribution < 1.29 is 33.9 Å². The highest BCUT2D eigenvalue weighted by Gasteiger charge is 2.35. The fraction of sp³-hybridized carbons (Fsp3) is 0.625. The molecule has 3 atom stereocenters. The summed E-state index contributed by atoms with van der Waals surface area (Å²) in [7, 11) is 0. The average Bonchev–Trinajstić information content (AvgIpc) is 3.26. The summed E-state index contributed by atoms with van der Waals surface area (Å²) in [5.74, 6) is 0.666. The van der Waals surface area contributed by atoms with Crippen LogP contribution in [0.2, 0.25) is 0 Å². The largest absolute Gasteiger partial charge is 0.466 e. The zero-order chi connectivity index (χ0) is 27.5. The predicted molar refractivity (Wildman–Crippen MR) is 139 cm³/mol. The number of nitrogens with zero attached hydrogens (tertiary/aromatic N) is 3. The number of likely N-dealkylation sites (tertiary alicyclic amines) is 1. The minimum absolute atomic E-state index is 0.0304. The lowest BCUT2D eigenvalue weighted by Gasteiger charge is -2.36.